The summed E-state index contributed by atoms with van der Waals surface area (Å²) in [6, 6.07) is 16.3. The van der Waals surface area contributed by atoms with Gasteiger partial charge >= 0.3 is 0 Å². The van der Waals surface area contributed by atoms with Crippen molar-refractivity contribution in [3.63, 3.8) is 0 Å². The van der Waals surface area contributed by atoms with Crippen LogP contribution in [0.4, 0.5) is 5.69 Å². The zero-order valence-electron chi connectivity index (χ0n) is 10.9. The second-order valence-corrected chi connectivity index (χ2v) is 7.04. The summed E-state index contributed by atoms with van der Waals surface area (Å²) in [4.78, 5) is 12.7. The number of carbonyl (C=O) groups excluding carboxylic acids is 1. The van der Waals surface area contributed by atoms with E-state index in [2.05, 4.69) is 5.32 Å². The van der Waals surface area contributed by atoms with Crippen LogP contribution in [0.5, 0.6) is 0 Å². The van der Waals surface area contributed by atoms with Gasteiger partial charge in [0.1, 0.15) is 9.75 Å². The van der Waals surface area contributed by atoms with Crippen molar-refractivity contribution in [2.75, 3.05) is 5.32 Å². The molecule has 1 aliphatic rings. The number of halogens is 3. The van der Waals surface area contributed by atoms with Crippen LogP contribution in [0.3, 0.4) is 0 Å². The Labute approximate surface area is 138 Å². The molecule has 2 aromatic carbocycles. The molecular weight excluding hydrogens is 329 g/mol. The van der Waals surface area contributed by atoms with Gasteiger partial charge in [-0.3, -0.25) is 4.79 Å². The lowest BCUT2D eigenvalue weighted by molar-refractivity contribution is -0.118. The molecular formula is C16H12Cl3NO. The number of hydrogen-bond acceptors (Lipinski definition) is 1. The maximum Gasteiger partial charge on any atom is 0.238 e. The minimum absolute atomic E-state index is 0.221. The molecule has 0 saturated heterocycles. The fraction of sp³-hybridized carbons (Fsp3) is 0.188. The molecule has 5 heteroatoms. The Balaban J connectivity index is 1.91. The predicted molar refractivity (Wildman–Crippen MR) is 87.3 cm³/mol. The molecule has 3 rings (SSSR count). The summed E-state index contributed by atoms with van der Waals surface area (Å²) in [6.45, 7) is 0. The van der Waals surface area contributed by atoms with Crippen molar-refractivity contribution in [2.24, 2.45) is 0 Å². The Morgan fingerprint density at radius 3 is 2.29 bits per heavy atom. The smallest absolute Gasteiger partial charge is 0.238 e. The Hall–Kier alpha value is -1.22. The van der Waals surface area contributed by atoms with Gasteiger partial charge in [0, 0.05) is 17.1 Å². The highest BCUT2D eigenvalue weighted by molar-refractivity contribution is 6.54. The van der Waals surface area contributed by atoms with Crippen LogP contribution in [0.2, 0.25) is 5.02 Å². The van der Waals surface area contributed by atoms with E-state index in [0.717, 1.165) is 5.56 Å². The molecule has 1 saturated carbocycles. The number of rotatable bonds is 3. The largest absolute Gasteiger partial charge is 0.325 e. The maximum absolute atomic E-state index is 12.7. The highest BCUT2D eigenvalue weighted by atomic mass is 35.5. The molecule has 108 valence electrons. The fourth-order valence-electron chi connectivity index (χ4n) is 2.51. The molecule has 1 amide bonds. The number of alkyl halides is 2. The predicted octanol–water partition coefficient (Wildman–Crippen LogP) is 4.79. The highest BCUT2D eigenvalue weighted by Gasteiger charge is 2.72. The molecule has 0 bridgehead atoms. The molecule has 0 radical (unpaired) electrons. The quantitative estimate of drug-likeness (QED) is 0.799. The molecule has 0 aliphatic heterocycles. The van der Waals surface area contributed by atoms with Crippen LogP contribution in [-0.4, -0.2) is 10.2 Å². The number of benzene rings is 2. The van der Waals surface area contributed by atoms with Crippen LogP contribution >= 0.6 is 34.8 Å². The first-order chi connectivity index (χ1) is 9.96. The average molecular weight is 341 g/mol. The lowest BCUT2D eigenvalue weighted by Crippen LogP contribution is -2.32. The van der Waals surface area contributed by atoms with Crippen LogP contribution in [0.15, 0.2) is 54.6 Å². The van der Waals surface area contributed by atoms with E-state index in [-0.39, 0.29) is 5.91 Å². The Bertz CT molecular complexity index is 687. The zero-order valence-corrected chi connectivity index (χ0v) is 13.2. The van der Waals surface area contributed by atoms with Gasteiger partial charge in [-0.15, -0.1) is 23.2 Å². The van der Waals surface area contributed by atoms with Crippen molar-refractivity contribution in [3.8, 4) is 0 Å². The third-order valence-corrected chi connectivity index (χ3v) is 4.87. The summed E-state index contributed by atoms with van der Waals surface area (Å²) in [5, 5.41) is 3.40. The first-order valence-electron chi connectivity index (χ1n) is 6.46. The minimum Gasteiger partial charge on any atom is -0.325 e. The molecule has 21 heavy (non-hydrogen) atoms. The monoisotopic (exact) mass is 339 g/mol. The summed E-state index contributed by atoms with van der Waals surface area (Å²) >= 11 is 18.5. The first-order valence-corrected chi connectivity index (χ1v) is 7.59. The fourth-order valence-corrected chi connectivity index (χ4v) is 3.49. The van der Waals surface area contributed by atoms with Gasteiger partial charge in [-0.25, -0.2) is 0 Å². The second kappa shape index (κ2) is 5.20. The topological polar surface area (TPSA) is 29.1 Å². The van der Waals surface area contributed by atoms with E-state index in [9.17, 15) is 4.79 Å². The van der Waals surface area contributed by atoms with Crippen LogP contribution in [0.1, 0.15) is 12.0 Å². The van der Waals surface area contributed by atoms with Gasteiger partial charge in [-0.1, -0.05) is 48.0 Å². The summed E-state index contributed by atoms with van der Waals surface area (Å²) in [5.41, 5.74) is 0.521. The number of amides is 1. The molecule has 2 nitrogen and oxygen atoms in total. The van der Waals surface area contributed by atoms with Crippen LogP contribution in [0.25, 0.3) is 0 Å². The lowest BCUT2D eigenvalue weighted by Gasteiger charge is -2.18. The van der Waals surface area contributed by atoms with Crippen LogP contribution in [-0.2, 0) is 10.2 Å². The van der Waals surface area contributed by atoms with E-state index in [4.69, 9.17) is 34.8 Å². The molecule has 1 atom stereocenters. The summed E-state index contributed by atoms with van der Waals surface area (Å²) in [5.74, 6) is -0.221. The van der Waals surface area contributed by atoms with E-state index in [1.165, 1.54) is 0 Å². The zero-order chi connectivity index (χ0) is 15.1. The first kappa shape index (κ1) is 14.7. The van der Waals surface area contributed by atoms with Crippen LogP contribution in [0, 0.1) is 0 Å². The van der Waals surface area contributed by atoms with Crippen LogP contribution < -0.4 is 5.32 Å². The number of hydrogen-bond donors (Lipinski definition) is 1. The van der Waals surface area contributed by atoms with E-state index in [0.29, 0.717) is 17.1 Å². The SMILES string of the molecule is O=C(Nc1cccc(Cl)c1)[C@@]1(c2ccccc2)CC1(Cl)Cl. The lowest BCUT2D eigenvalue weighted by atomic mass is 9.94. The van der Waals surface area contributed by atoms with Crippen molar-refractivity contribution in [3.05, 3.63) is 65.2 Å². The minimum atomic E-state index is -1.09. The third kappa shape index (κ3) is 2.52. The Morgan fingerprint density at radius 1 is 1.05 bits per heavy atom. The van der Waals surface area contributed by atoms with E-state index < -0.39 is 9.75 Å². The number of anilines is 1. The van der Waals surface area contributed by atoms with Gasteiger partial charge in [0.05, 0.1) is 0 Å². The standard InChI is InChI=1S/C16H12Cl3NO/c17-12-7-4-8-13(9-12)20-14(21)15(10-16(15,18)19)11-5-2-1-3-6-11/h1-9H,10H2,(H,20,21)/t15-/m0/s1. The summed E-state index contributed by atoms with van der Waals surface area (Å²) in [7, 11) is 0. The van der Waals surface area contributed by atoms with Gasteiger partial charge in [0.15, 0.2) is 0 Å². The highest BCUT2D eigenvalue weighted by Crippen LogP contribution is 2.65. The Morgan fingerprint density at radius 2 is 1.71 bits per heavy atom. The van der Waals surface area contributed by atoms with Gasteiger partial charge in [0.2, 0.25) is 5.91 Å². The van der Waals surface area contributed by atoms with Gasteiger partial charge in [0.25, 0.3) is 0 Å². The number of nitrogens with one attached hydrogen (secondary N) is 1. The van der Waals surface area contributed by atoms with Crippen molar-refractivity contribution in [2.45, 2.75) is 16.2 Å². The molecule has 1 aliphatic carbocycles. The third-order valence-electron chi connectivity index (χ3n) is 3.72. The van der Waals surface area contributed by atoms with Gasteiger partial charge in [-0.05, 0) is 23.8 Å². The van der Waals surface area contributed by atoms with E-state index in [1.807, 2.05) is 30.3 Å². The molecule has 0 unspecified atom stereocenters. The Kier molecular flexibility index (Phi) is 3.64. The summed E-state index contributed by atoms with van der Waals surface area (Å²) < 4.78 is -1.09. The van der Waals surface area contributed by atoms with Crippen molar-refractivity contribution < 1.29 is 4.79 Å². The number of carbonyl (C=O) groups is 1. The average Bonchev–Trinajstić information content (AvgIpc) is 3.04. The molecule has 0 spiro atoms. The van der Waals surface area contributed by atoms with E-state index in [1.54, 1.807) is 24.3 Å². The van der Waals surface area contributed by atoms with E-state index >= 15 is 0 Å². The second-order valence-electron chi connectivity index (χ2n) is 5.12. The van der Waals surface area contributed by atoms with Crippen molar-refractivity contribution in [1.82, 2.24) is 0 Å². The normalized spacial score (nSPS) is 22.6. The maximum atomic E-state index is 12.7. The molecule has 1 fully saturated rings. The molecule has 0 heterocycles. The van der Waals surface area contributed by atoms with Crippen molar-refractivity contribution in [1.29, 1.82) is 0 Å². The molecule has 1 N–H and O–H groups in total. The molecule has 2 aromatic rings. The van der Waals surface area contributed by atoms with Gasteiger partial charge < -0.3 is 5.32 Å². The van der Waals surface area contributed by atoms with Gasteiger partial charge in [-0.2, -0.15) is 0 Å². The molecule has 0 aromatic heterocycles. The summed E-state index contributed by atoms with van der Waals surface area (Å²) in [6.07, 6.45) is 0.388. The van der Waals surface area contributed by atoms with Crippen molar-refractivity contribution >= 4 is 46.4 Å².